The maximum Gasteiger partial charge on any atom is 0.491 e. The summed E-state index contributed by atoms with van der Waals surface area (Å²) in [7, 11) is 0. The molecular formula is C17H21F3N2O5S. The molecule has 1 aromatic carbocycles. The molecule has 2 atom stereocenters. The second-order valence-corrected chi connectivity index (χ2v) is 7.58. The predicted molar refractivity (Wildman–Crippen MR) is 96.3 cm³/mol. The Balaban J connectivity index is 2.34. The molecule has 1 rings (SSSR count). The number of esters is 2. The third-order valence-corrected chi connectivity index (χ3v) is 4.80. The van der Waals surface area contributed by atoms with Gasteiger partial charge in [-0.1, -0.05) is 37.3 Å². The summed E-state index contributed by atoms with van der Waals surface area (Å²) in [5.74, 6) is -4.22. The first-order chi connectivity index (χ1) is 12.9. The lowest BCUT2D eigenvalue weighted by Gasteiger charge is -2.23. The molecule has 0 bridgehead atoms. The van der Waals surface area contributed by atoms with Gasteiger partial charge in [-0.2, -0.15) is 24.9 Å². The van der Waals surface area contributed by atoms with Crippen LogP contribution in [0.4, 0.5) is 18.0 Å². The standard InChI is InChI=1S/C17H21F3N2O5S/c1-11(8-22-15(25)26-9-12-6-4-3-5-7-12)28-10-16(2,21)13(23)27-14(24)17(18,19)20/h3-7,11H,8-10,21H2,1-2H3,(H,22,25)/t11-,16+/m1/s1. The monoisotopic (exact) mass is 422 g/mol. The third kappa shape index (κ3) is 8.61. The third-order valence-electron chi connectivity index (χ3n) is 3.30. The molecular weight excluding hydrogens is 401 g/mol. The topological polar surface area (TPSA) is 108 Å². The number of ether oxygens (including phenoxy) is 2. The Labute approximate surface area is 164 Å². The van der Waals surface area contributed by atoms with Crippen molar-refractivity contribution in [2.45, 2.75) is 37.4 Å². The molecule has 0 heterocycles. The highest BCUT2D eigenvalue weighted by molar-refractivity contribution is 8.00. The molecule has 0 aliphatic heterocycles. The van der Waals surface area contributed by atoms with E-state index in [0.717, 1.165) is 24.2 Å². The van der Waals surface area contributed by atoms with Gasteiger partial charge in [-0.05, 0) is 12.5 Å². The lowest BCUT2D eigenvalue weighted by atomic mass is 10.1. The van der Waals surface area contributed by atoms with Crippen LogP contribution in [0.5, 0.6) is 0 Å². The van der Waals surface area contributed by atoms with Gasteiger partial charge in [0.15, 0.2) is 0 Å². The number of halogens is 3. The predicted octanol–water partition coefficient (Wildman–Crippen LogP) is 2.38. The summed E-state index contributed by atoms with van der Waals surface area (Å²) in [5.41, 5.74) is 4.65. The fraction of sp³-hybridized carbons (Fsp3) is 0.471. The first-order valence-corrected chi connectivity index (χ1v) is 9.15. The molecule has 0 radical (unpaired) electrons. The van der Waals surface area contributed by atoms with E-state index in [0.29, 0.717) is 0 Å². The number of alkyl halides is 3. The Morgan fingerprint density at radius 1 is 1.18 bits per heavy atom. The largest absolute Gasteiger partial charge is 0.491 e. The van der Waals surface area contributed by atoms with Crippen LogP contribution in [0.15, 0.2) is 30.3 Å². The van der Waals surface area contributed by atoms with Gasteiger partial charge in [-0.25, -0.2) is 14.4 Å². The minimum Gasteiger partial charge on any atom is -0.445 e. The van der Waals surface area contributed by atoms with Gasteiger partial charge >= 0.3 is 24.2 Å². The van der Waals surface area contributed by atoms with E-state index in [4.69, 9.17) is 10.5 Å². The molecule has 11 heteroatoms. The zero-order valence-corrected chi connectivity index (χ0v) is 16.1. The van der Waals surface area contributed by atoms with Crippen molar-refractivity contribution in [1.29, 1.82) is 0 Å². The van der Waals surface area contributed by atoms with Crippen LogP contribution in [0, 0.1) is 0 Å². The van der Waals surface area contributed by atoms with E-state index in [-0.39, 0.29) is 24.2 Å². The first kappa shape index (κ1) is 23.8. The normalized spacial score (nSPS) is 14.5. The molecule has 0 aliphatic rings. The van der Waals surface area contributed by atoms with Crippen LogP contribution in [-0.2, 0) is 25.7 Å². The Kier molecular flexibility index (Phi) is 8.76. The van der Waals surface area contributed by atoms with Crippen LogP contribution in [0.1, 0.15) is 19.4 Å². The molecule has 7 nitrogen and oxygen atoms in total. The van der Waals surface area contributed by atoms with E-state index >= 15 is 0 Å². The Bertz CT molecular complexity index is 683. The molecule has 0 saturated carbocycles. The Morgan fingerprint density at radius 2 is 1.79 bits per heavy atom. The number of alkyl carbamates (subject to hydrolysis) is 1. The maximum absolute atomic E-state index is 12.1. The number of nitrogens with two attached hydrogens (primary N) is 1. The number of rotatable bonds is 8. The van der Waals surface area contributed by atoms with Gasteiger partial charge in [-0.3, -0.25) is 0 Å². The highest BCUT2D eigenvalue weighted by Crippen LogP contribution is 2.21. The van der Waals surface area contributed by atoms with Crippen LogP contribution in [-0.4, -0.2) is 47.3 Å². The van der Waals surface area contributed by atoms with Gasteiger partial charge in [0.1, 0.15) is 12.1 Å². The molecule has 1 amide bonds. The summed E-state index contributed by atoms with van der Waals surface area (Å²) in [6.07, 6.45) is -5.92. The van der Waals surface area contributed by atoms with E-state index in [1.807, 2.05) is 18.2 Å². The van der Waals surface area contributed by atoms with Crippen LogP contribution in [0.2, 0.25) is 0 Å². The van der Waals surface area contributed by atoms with Crippen LogP contribution in [0.25, 0.3) is 0 Å². The van der Waals surface area contributed by atoms with Crippen molar-refractivity contribution in [3.8, 4) is 0 Å². The van der Waals surface area contributed by atoms with E-state index in [2.05, 4.69) is 10.1 Å². The number of thioether (sulfide) groups is 1. The zero-order chi connectivity index (χ0) is 21.4. The highest BCUT2D eigenvalue weighted by Gasteiger charge is 2.45. The Hall–Kier alpha value is -2.27. The van der Waals surface area contributed by atoms with Gasteiger partial charge in [0, 0.05) is 17.5 Å². The lowest BCUT2D eigenvalue weighted by Crippen LogP contribution is -2.50. The summed E-state index contributed by atoms with van der Waals surface area (Å²) >= 11 is 1.11. The van der Waals surface area contributed by atoms with E-state index < -0.39 is 29.7 Å². The van der Waals surface area contributed by atoms with Crippen molar-refractivity contribution in [2.24, 2.45) is 5.73 Å². The average Bonchev–Trinajstić information content (AvgIpc) is 2.63. The van der Waals surface area contributed by atoms with Gasteiger partial charge in [0.25, 0.3) is 0 Å². The zero-order valence-electron chi connectivity index (χ0n) is 15.2. The van der Waals surface area contributed by atoms with Crippen molar-refractivity contribution < 1.29 is 37.0 Å². The second kappa shape index (κ2) is 10.3. The van der Waals surface area contributed by atoms with Crippen LogP contribution in [0.3, 0.4) is 0 Å². The molecule has 0 fully saturated rings. The van der Waals surface area contributed by atoms with Gasteiger partial charge in [0.05, 0.1) is 0 Å². The molecule has 28 heavy (non-hydrogen) atoms. The quantitative estimate of drug-likeness (QED) is 0.489. The maximum atomic E-state index is 12.1. The number of benzene rings is 1. The first-order valence-electron chi connectivity index (χ1n) is 8.10. The number of carbonyl (C=O) groups is 3. The van der Waals surface area contributed by atoms with Gasteiger partial charge in [-0.15, -0.1) is 0 Å². The van der Waals surface area contributed by atoms with Crippen molar-refractivity contribution in [2.75, 3.05) is 12.3 Å². The van der Waals surface area contributed by atoms with E-state index in [9.17, 15) is 27.6 Å². The minimum atomic E-state index is -5.28. The molecule has 0 aliphatic carbocycles. The van der Waals surface area contributed by atoms with Gasteiger partial charge < -0.3 is 20.5 Å². The molecule has 0 spiro atoms. The highest BCUT2D eigenvalue weighted by atomic mass is 32.2. The van der Waals surface area contributed by atoms with E-state index in [1.165, 1.54) is 0 Å². The Morgan fingerprint density at radius 3 is 2.36 bits per heavy atom. The minimum absolute atomic E-state index is 0.105. The van der Waals surface area contributed by atoms with E-state index in [1.54, 1.807) is 19.1 Å². The number of hydrogen-bond acceptors (Lipinski definition) is 7. The van der Waals surface area contributed by atoms with Crippen molar-refractivity contribution in [3.63, 3.8) is 0 Å². The molecule has 1 aromatic rings. The fourth-order valence-corrected chi connectivity index (χ4v) is 2.64. The molecule has 0 unspecified atom stereocenters. The summed E-state index contributed by atoms with van der Waals surface area (Å²) in [6.45, 7) is 3.14. The SMILES string of the molecule is C[C@H](CNC(=O)OCc1ccccc1)SC[C@](C)(N)C(=O)OC(=O)C(F)(F)F. The summed E-state index contributed by atoms with van der Waals surface area (Å²) in [5, 5.41) is 2.29. The lowest BCUT2D eigenvalue weighted by molar-refractivity contribution is -0.203. The van der Waals surface area contributed by atoms with Gasteiger partial charge in [0.2, 0.25) is 0 Å². The number of hydrogen-bond donors (Lipinski definition) is 2. The average molecular weight is 422 g/mol. The molecule has 156 valence electrons. The molecule has 0 aromatic heterocycles. The number of carbonyl (C=O) groups excluding carboxylic acids is 3. The fourth-order valence-electron chi connectivity index (χ4n) is 1.69. The van der Waals surface area contributed by atoms with Crippen LogP contribution >= 0.6 is 11.8 Å². The number of amides is 1. The summed E-state index contributed by atoms with van der Waals surface area (Å²) in [6, 6.07) is 9.06. The molecule has 3 N–H and O–H groups in total. The molecule has 0 saturated heterocycles. The van der Waals surface area contributed by atoms with Crippen LogP contribution < -0.4 is 11.1 Å². The van der Waals surface area contributed by atoms with Crippen molar-refractivity contribution in [1.82, 2.24) is 5.32 Å². The summed E-state index contributed by atoms with van der Waals surface area (Å²) in [4.78, 5) is 34.0. The van der Waals surface area contributed by atoms with Crippen molar-refractivity contribution in [3.05, 3.63) is 35.9 Å². The number of nitrogens with one attached hydrogen (secondary N) is 1. The smallest absolute Gasteiger partial charge is 0.445 e. The summed E-state index contributed by atoms with van der Waals surface area (Å²) < 4.78 is 45.2. The van der Waals surface area contributed by atoms with Crippen molar-refractivity contribution >= 4 is 29.8 Å². The second-order valence-electron chi connectivity index (χ2n) is 6.16.